The molecule has 1 heterocycles. The predicted molar refractivity (Wildman–Crippen MR) is 143 cm³/mol. The average Bonchev–Trinajstić information content (AvgIpc) is 3.21. The summed E-state index contributed by atoms with van der Waals surface area (Å²) in [4.78, 5) is 5.09. The fourth-order valence-electron chi connectivity index (χ4n) is 4.12. The lowest BCUT2D eigenvalue weighted by molar-refractivity contribution is 0.601. The van der Waals surface area contributed by atoms with Gasteiger partial charge in [0.1, 0.15) is 11.7 Å². The Hall–Kier alpha value is -4.43. The number of hydrogen-bond acceptors (Lipinski definition) is 4. The fourth-order valence-corrected chi connectivity index (χ4v) is 5.19. The van der Waals surface area contributed by atoms with Gasteiger partial charge in [-0.1, -0.05) is 72.8 Å². The number of nitrogens with zero attached hydrogens (tertiary/aromatic N) is 2. The molecule has 180 valence electrons. The van der Waals surface area contributed by atoms with Crippen molar-refractivity contribution in [1.29, 1.82) is 5.41 Å². The first-order valence-corrected chi connectivity index (χ1v) is 12.9. The topological polar surface area (TPSA) is 114 Å². The highest BCUT2D eigenvalue weighted by molar-refractivity contribution is 7.92. The lowest BCUT2D eigenvalue weighted by Crippen LogP contribution is -2.12. The van der Waals surface area contributed by atoms with Crippen LogP contribution >= 0.6 is 0 Å². The molecule has 0 aliphatic rings. The van der Waals surface area contributed by atoms with Gasteiger partial charge in [-0.25, -0.2) is 13.4 Å². The third kappa shape index (κ3) is 4.99. The van der Waals surface area contributed by atoms with E-state index in [2.05, 4.69) is 21.4 Å². The SMILES string of the molecule is N=C(N)c1ccc(Cc2nc3cc(NS(=O)(=O)c4ccccc4)ccc3n2Cc2ccccc2)cc1. The molecule has 4 N–H and O–H groups in total. The summed E-state index contributed by atoms with van der Waals surface area (Å²) in [6, 6.07) is 31.4. The molecule has 0 atom stereocenters. The van der Waals surface area contributed by atoms with Gasteiger partial charge in [0.15, 0.2) is 0 Å². The number of benzene rings is 4. The van der Waals surface area contributed by atoms with Crippen LogP contribution in [-0.2, 0) is 23.0 Å². The van der Waals surface area contributed by atoms with Crippen molar-refractivity contribution >= 4 is 32.6 Å². The molecule has 0 spiro atoms. The third-order valence-corrected chi connectivity index (χ3v) is 7.34. The minimum atomic E-state index is -3.71. The lowest BCUT2D eigenvalue weighted by Gasteiger charge is -2.11. The largest absolute Gasteiger partial charge is 0.384 e. The van der Waals surface area contributed by atoms with E-state index in [4.69, 9.17) is 16.1 Å². The van der Waals surface area contributed by atoms with E-state index in [1.807, 2.05) is 48.5 Å². The van der Waals surface area contributed by atoms with E-state index in [-0.39, 0.29) is 10.7 Å². The Kier molecular flexibility index (Phi) is 6.26. The van der Waals surface area contributed by atoms with Crippen LogP contribution in [0.25, 0.3) is 11.0 Å². The van der Waals surface area contributed by atoms with Crippen molar-refractivity contribution in [3.63, 3.8) is 0 Å². The first-order chi connectivity index (χ1) is 17.4. The minimum absolute atomic E-state index is 0.0309. The second-order valence-corrected chi connectivity index (χ2v) is 10.2. The molecular weight excluding hydrogens is 470 g/mol. The van der Waals surface area contributed by atoms with Crippen molar-refractivity contribution in [2.75, 3.05) is 4.72 Å². The molecule has 4 aromatic carbocycles. The standard InChI is InChI=1S/C28H25N5O2S/c29-28(30)22-13-11-20(12-14-22)17-27-31-25-18-23(32-36(34,35)24-9-5-2-6-10-24)15-16-26(25)33(27)19-21-7-3-1-4-8-21/h1-16,18,32H,17,19H2,(H3,29,30). The smallest absolute Gasteiger partial charge is 0.261 e. The van der Waals surface area contributed by atoms with E-state index in [1.165, 1.54) is 0 Å². The number of rotatable bonds is 8. The summed E-state index contributed by atoms with van der Waals surface area (Å²) in [5.41, 5.74) is 10.5. The highest BCUT2D eigenvalue weighted by atomic mass is 32.2. The van der Waals surface area contributed by atoms with Crippen LogP contribution in [-0.4, -0.2) is 23.8 Å². The van der Waals surface area contributed by atoms with Gasteiger partial charge in [-0.3, -0.25) is 10.1 Å². The zero-order valence-electron chi connectivity index (χ0n) is 19.4. The van der Waals surface area contributed by atoms with E-state index in [0.29, 0.717) is 29.7 Å². The molecule has 0 aliphatic heterocycles. The molecular formula is C28H25N5O2S. The molecule has 0 fully saturated rings. The predicted octanol–water partition coefficient (Wildman–Crippen LogP) is 4.76. The Labute approximate surface area is 209 Å². The summed E-state index contributed by atoms with van der Waals surface area (Å²) >= 11 is 0. The number of amidine groups is 1. The summed E-state index contributed by atoms with van der Waals surface area (Å²) in [6.07, 6.45) is 0.574. The van der Waals surface area contributed by atoms with Gasteiger partial charge in [-0.2, -0.15) is 0 Å². The highest BCUT2D eigenvalue weighted by Crippen LogP contribution is 2.25. The number of anilines is 1. The Morgan fingerprint density at radius 1 is 0.861 bits per heavy atom. The third-order valence-electron chi connectivity index (χ3n) is 5.94. The minimum Gasteiger partial charge on any atom is -0.384 e. The molecule has 0 aliphatic carbocycles. The Balaban J connectivity index is 1.52. The molecule has 8 heteroatoms. The first-order valence-electron chi connectivity index (χ1n) is 11.4. The lowest BCUT2D eigenvalue weighted by atomic mass is 10.1. The van der Waals surface area contributed by atoms with Crippen LogP contribution in [0.3, 0.4) is 0 Å². The van der Waals surface area contributed by atoms with Gasteiger partial charge < -0.3 is 10.3 Å². The number of nitrogen functional groups attached to an aromatic ring is 1. The Bertz CT molecular complexity index is 1630. The number of hydrogen-bond donors (Lipinski definition) is 3. The van der Waals surface area contributed by atoms with Gasteiger partial charge in [-0.05, 0) is 41.5 Å². The van der Waals surface area contributed by atoms with Crippen molar-refractivity contribution in [3.05, 3.63) is 126 Å². The van der Waals surface area contributed by atoms with Crippen LogP contribution in [0, 0.1) is 5.41 Å². The number of aromatic nitrogens is 2. The van der Waals surface area contributed by atoms with Crippen LogP contribution in [0.4, 0.5) is 5.69 Å². The molecule has 0 amide bonds. The van der Waals surface area contributed by atoms with Gasteiger partial charge in [-0.15, -0.1) is 0 Å². The van der Waals surface area contributed by atoms with Crippen LogP contribution < -0.4 is 10.5 Å². The zero-order valence-corrected chi connectivity index (χ0v) is 20.2. The monoisotopic (exact) mass is 495 g/mol. The number of imidazole rings is 1. The molecule has 5 aromatic rings. The second kappa shape index (κ2) is 9.67. The van der Waals surface area contributed by atoms with Crippen LogP contribution in [0.5, 0.6) is 0 Å². The number of nitrogens with one attached hydrogen (secondary N) is 2. The molecule has 36 heavy (non-hydrogen) atoms. The average molecular weight is 496 g/mol. The number of sulfonamides is 1. The normalized spacial score (nSPS) is 11.4. The molecule has 7 nitrogen and oxygen atoms in total. The summed E-state index contributed by atoms with van der Waals surface area (Å²) in [5, 5.41) is 7.61. The van der Waals surface area contributed by atoms with E-state index in [1.54, 1.807) is 42.5 Å². The maximum Gasteiger partial charge on any atom is 0.261 e. The fraction of sp³-hybridized carbons (Fsp3) is 0.0714. The second-order valence-electron chi connectivity index (χ2n) is 8.51. The van der Waals surface area contributed by atoms with Crippen molar-refractivity contribution in [1.82, 2.24) is 9.55 Å². The van der Waals surface area contributed by atoms with Crippen molar-refractivity contribution in [3.8, 4) is 0 Å². The molecule has 5 rings (SSSR count). The van der Waals surface area contributed by atoms with Crippen molar-refractivity contribution in [2.45, 2.75) is 17.9 Å². The van der Waals surface area contributed by atoms with Crippen molar-refractivity contribution in [2.24, 2.45) is 5.73 Å². The van der Waals surface area contributed by atoms with E-state index < -0.39 is 10.0 Å². The maximum absolute atomic E-state index is 12.8. The van der Waals surface area contributed by atoms with Crippen LogP contribution in [0.15, 0.2) is 108 Å². The molecule has 0 unspecified atom stereocenters. The Morgan fingerprint density at radius 3 is 2.19 bits per heavy atom. The summed E-state index contributed by atoms with van der Waals surface area (Å²) in [7, 11) is -3.71. The van der Waals surface area contributed by atoms with E-state index >= 15 is 0 Å². The van der Waals surface area contributed by atoms with Gasteiger partial charge in [0, 0.05) is 18.5 Å². The summed E-state index contributed by atoms with van der Waals surface area (Å²) < 4.78 is 30.4. The molecule has 0 saturated heterocycles. The summed E-state index contributed by atoms with van der Waals surface area (Å²) in [6.45, 7) is 0.632. The van der Waals surface area contributed by atoms with Crippen LogP contribution in [0.1, 0.15) is 22.5 Å². The molecule has 1 aromatic heterocycles. The van der Waals surface area contributed by atoms with E-state index in [9.17, 15) is 8.42 Å². The molecule has 0 bridgehead atoms. The number of nitrogens with two attached hydrogens (primary N) is 1. The van der Waals surface area contributed by atoms with Crippen molar-refractivity contribution < 1.29 is 8.42 Å². The Morgan fingerprint density at radius 2 is 1.53 bits per heavy atom. The van der Waals surface area contributed by atoms with Crippen LogP contribution in [0.2, 0.25) is 0 Å². The molecule has 0 saturated carbocycles. The zero-order chi connectivity index (χ0) is 25.1. The van der Waals surface area contributed by atoms with Gasteiger partial charge in [0.05, 0.1) is 21.6 Å². The first kappa shape index (κ1) is 23.3. The van der Waals surface area contributed by atoms with Gasteiger partial charge in [0.25, 0.3) is 10.0 Å². The maximum atomic E-state index is 12.8. The van der Waals surface area contributed by atoms with Gasteiger partial charge in [0.2, 0.25) is 0 Å². The summed E-state index contributed by atoms with van der Waals surface area (Å²) in [5.74, 6) is 0.885. The quantitative estimate of drug-likeness (QED) is 0.213. The highest BCUT2D eigenvalue weighted by Gasteiger charge is 2.16. The molecule has 0 radical (unpaired) electrons. The van der Waals surface area contributed by atoms with E-state index in [0.717, 1.165) is 22.5 Å². The van der Waals surface area contributed by atoms with Gasteiger partial charge >= 0.3 is 0 Å². The number of fused-ring (bicyclic) bond motifs is 1.